The van der Waals surface area contributed by atoms with Crippen LogP contribution in [0.25, 0.3) is 110 Å². The molecule has 246 valence electrons. The van der Waals surface area contributed by atoms with Gasteiger partial charge in [0.05, 0.1) is 0 Å². The molecule has 11 rings (SSSR count). The lowest BCUT2D eigenvalue weighted by Gasteiger charge is -2.18. The first kappa shape index (κ1) is 29.7. The van der Waals surface area contributed by atoms with Crippen LogP contribution in [0.3, 0.4) is 0 Å². The van der Waals surface area contributed by atoms with Crippen LogP contribution in [0.5, 0.6) is 0 Å². The molecule has 1 heteroatoms. The monoisotopic (exact) mass is 672 g/mol. The number of hydrogen-bond acceptors (Lipinski definition) is 1. The van der Waals surface area contributed by atoms with E-state index in [2.05, 4.69) is 188 Å². The normalized spacial score (nSPS) is 11.8. The van der Waals surface area contributed by atoms with Crippen LogP contribution in [0.15, 0.2) is 199 Å². The molecule has 0 saturated heterocycles. The van der Waals surface area contributed by atoms with Gasteiger partial charge >= 0.3 is 0 Å². The minimum atomic E-state index is 0.913. The van der Waals surface area contributed by atoms with E-state index >= 15 is 0 Å². The third kappa shape index (κ3) is 4.58. The molecular formula is C52H32O. The Balaban J connectivity index is 1.10. The zero-order chi connectivity index (χ0) is 34.9. The second-order valence-corrected chi connectivity index (χ2v) is 13.9. The number of furan rings is 1. The molecule has 0 aliphatic rings. The first-order valence-corrected chi connectivity index (χ1v) is 18.3. The third-order valence-corrected chi connectivity index (χ3v) is 11.1. The first-order chi connectivity index (χ1) is 26.3. The Morgan fingerprint density at radius 1 is 0.264 bits per heavy atom. The van der Waals surface area contributed by atoms with Gasteiger partial charge in [0.1, 0.15) is 11.2 Å². The molecule has 0 saturated carbocycles. The van der Waals surface area contributed by atoms with E-state index in [1.165, 1.54) is 82.0 Å². The van der Waals surface area contributed by atoms with E-state index in [1.54, 1.807) is 0 Å². The molecule has 1 heterocycles. The van der Waals surface area contributed by atoms with Crippen LogP contribution < -0.4 is 0 Å². The van der Waals surface area contributed by atoms with Gasteiger partial charge in [0.25, 0.3) is 0 Å². The van der Waals surface area contributed by atoms with Crippen molar-refractivity contribution in [2.45, 2.75) is 0 Å². The Bertz CT molecular complexity index is 3160. The largest absolute Gasteiger partial charge is 0.455 e. The van der Waals surface area contributed by atoms with Gasteiger partial charge in [-0.2, -0.15) is 0 Å². The second-order valence-electron chi connectivity index (χ2n) is 13.9. The minimum absolute atomic E-state index is 0.913. The van der Waals surface area contributed by atoms with E-state index in [4.69, 9.17) is 4.42 Å². The summed E-state index contributed by atoms with van der Waals surface area (Å²) in [4.78, 5) is 0. The van der Waals surface area contributed by atoms with Gasteiger partial charge < -0.3 is 4.42 Å². The molecule has 0 radical (unpaired) electrons. The van der Waals surface area contributed by atoms with E-state index in [0.29, 0.717) is 0 Å². The Morgan fingerprint density at radius 2 is 0.755 bits per heavy atom. The second kappa shape index (κ2) is 11.8. The van der Waals surface area contributed by atoms with Crippen LogP contribution >= 0.6 is 0 Å². The number of rotatable bonds is 4. The molecule has 11 aromatic rings. The van der Waals surface area contributed by atoms with Crippen molar-refractivity contribution >= 4 is 65.0 Å². The predicted molar refractivity (Wildman–Crippen MR) is 225 cm³/mol. The maximum atomic E-state index is 6.59. The number of para-hydroxylation sites is 2. The van der Waals surface area contributed by atoms with E-state index in [9.17, 15) is 0 Å². The first-order valence-electron chi connectivity index (χ1n) is 18.3. The molecule has 0 atom stereocenters. The quantitative estimate of drug-likeness (QED) is 0.134. The molecule has 0 spiro atoms. The van der Waals surface area contributed by atoms with Gasteiger partial charge in [0, 0.05) is 21.9 Å². The molecule has 1 aromatic heterocycles. The van der Waals surface area contributed by atoms with Gasteiger partial charge in [-0.25, -0.2) is 0 Å². The molecule has 0 amide bonds. The van der Waals surface area contributed by atoms with Crippen LogP contribution in [-0.4, -0.2) is 0 Å². The molecule has 0 aliphatic heterocycles. The number of benzene rings is 10. The van der Waals surface area contributed by atoms with E-state index in [0.717, 1.165) is 27.5 Å². The van der Waals surface area contributed by atoms with Crippen molar-refractivity contribution in [2.24, 2.45) is 0 Å². The van der Waals surface area contributed by atoms with E-state index in [-0.39, 0.29) is 0 Å². The summed E-state index contributed by atoms with van der Waals surface area (Å²) in [5.41, 5.74) is 11.5. The molecule has 0 aliphatic carbocycles. The summed E-state index contributed by atoms with van der Waals surface area (Å²) in [6.45, 7) is 0. The summed E-state index contributed by atoms with van der Waals surface area (Å²) in [7, 11) is 0. The molecule has 53 heavy (non-hydrogen) atoms. The van der Waals surface area contributed by atoms with Crippen molar-refractivity contribution in [3.63, 3.8) is 0 Å². The summed E-state index contributed by atoms with van der Waals surface area (Å²) < 4.78 is 6.59. The summed E-state index contributed by atoms with van der Waals surface area (Å²) in [5.74, 6) is 0. The van der Waals surface area contributed by atoms with Crippen molar-refractivity contribution < 1.29 is 4.42 Å². The zero-order valence-corrected chi connectivity index (χ0v) is 28.9. The Kier molecular flexibility index (Phi) is 6.62. The average Bonchev–Trinajstić information content (AvgIpc) is 3.62. The standard InChI is InChI=1S/C52H32O/c1-2-16-37-35(14-1)32-48(40-19-6-5-17-38(37)40)39-18-4-3-15-36(39)33-28-30-34(31-29-33)50-42-21-7-9-23-44(42)51(45-24-10-8-22-43(45)50)47-26-13-25-46-41-20-11-12-27-49(41)53-52(46)47/h1-32H. The summed E-state index contributed by atoms with van der Waals surface area (Å²) >= 11 is 0. The highest BCUT2D eigenvalue weighted by molar-refractivity contribution is 6.24. The van der Waals surface area contributed by atoms with E-state index < -0.39 is 0 Å². The maximum Gasteiger partial charge on any atom is 0.143 e. The van der Waals surface area contributed by atoms with Gasteiger partial charge in [0.15, 0.2) is 0 Å². The number of hydrogen-bond donors (Lipinski definition) is 0. The average molecular weight is 673 g/mol. The van der Waals surface area contributed by atoms with Gasteiger partial charge in [-0.3, -0.25) is 0 Å². The minimum Gasteiger partial charge on any atom is -0.455 e. The molecule has 1 nitrogen and oxygen atoms in total. The van der Waals surface area contributed by atoms with E-state index in [1.807, 2.05) is 6.07 Å². The van der Waals surface area contributed by atoms with Crippen LogP contribution in [-0.2, 0) is 0 Å². The molecule has 0 unspecified atom stereocenters. The fourth-order valence-corrected chi connectivity index (χ4v) is 8.74. The topological polar surface area (TPSA) is 13.1 Å². The van der Waals surface area contributed by atoms with Crippen LogP contribution in [0, 0.1) is 0 Å². The molecule has 10 aromatic carbocycles. The molecule has 0 N–H and O–H groups in total. The van der Waals surface area contributed by atoms with Gasteiger partial charge in [-0.05, 0) is 88.6 Å². The molecule has 0 bridgehead atoms. The smallest absolute Gasteiger partial charge is 0.143 e. The van der Waals surface area contributed by atoms with Crippen molar-refractivity contribution in [3.8, 4) is 44.5 Å². The Labute approximate surface area is 307 Å². The van der Waals surface area contributed by atoms with Crippen molar-refractivity contribution in [1.29, 1.82) is 0 Å². The lowest BCUT2D eigenvalue weighted by Crippen LogP contribution is -1.91. The van der Waals surface area contributed by atoms with Gasteiger partial charge in [-0.1, -0.05) is 182 Å². The van der Waals surface area contributed by atoms with Crippen molar-refractivity contribution in [1.82, 2.24) is 0 Å². The van der Waals surface area contributed by atoms with Gasteiger partial charge in [-0.15, -0.1) is 0 Å². The fraction of sp³-hybridized carbons (Fsp3) is 0. The Hall–Kier alpha value is -6.96. The SMILES string of the molecule is c1ccc(-c2cc3ccccc3c3ccccc23)c(-c2ccc(-c3c4ccccc4c(-c4cccc5c4oc4ccccc45)c4ccccc34)cc2)c1. The van der Waals surface area contributed by atoms with Crippen LogP contribution in [0.2, 0.25) is 0 Å². The highest BCUT2D eigenvalue weighted by Crippen LogP contribution is 2.47. The zero-order valence-electron chi connectivity index (χ0n) is 28.9. The third-order valence-electron chi connectivity index (χ3n) is 11.1. The molecule has 0 fully saturated rings. The fourth-order valence-electron chi connectivity index (χ4n) is 8.74. The number of fused-ring (bicyclic) bond motifs is 8. The van der Waals surface area contributed by atoms with Crippen molar-refractivity contribution in [3.05, 3.63) is 194 Å². The maximum absolute atomic E-state index is 6.59. The highest BCUT2D eigenvalue weighted by atomic mass is 16.3. The summed E-state index contributed by atoms with van der Waals surface area (Å²) in [6.07, 6.45) is 0. The summed E-state index contributed by atoms with van der Waals surface area (Å²) in [5, 5.41) is 12.3. The van der Waals surface area contributed by atoms with Crippen LogP contribution in [0.4, 0.5) is 0 Å². The van der Waals surface area contributed by atoms with Crippen LogP contribution in [0.1, 0.15) is 0 Å². The lowest BCUT2D eigenvalue weighted by molar-refractivity contribution is 0.670. The Morgan fingerprint density at radius 3 is 1.47 bits per heavy atom. The predicted octanol–water partition coefficient (Wildman–Crippen LogP) is 14.9. The van der Waals surface area contributed by atoms with Crippen molar-refractivity contribution in [2.75, 3.05) is 0 Å². The van der Waals surface area contributed by atoms with Gasteiger partial charge in [0.2, 0.25) is 0 Å². The highest BCUT2D eigenvalue weighted by Gasteiger charge is 2.20. The lowest BCUT2D eigenvalue weighted by atomic mass is 9.85. The summed E-state index contributed by atoms with van der Waals surface area (Å²) in [6, 6.07) is 70.5. The molecular weight excluding hydrogens is 641 g/mol.